The van der Waals surface area contributed by atoms with Gasteiger partial charge in [0, 0.05) is 24.9 Å². The molecule has 0 saturated heterocycles. The molecule has 0 radical (unpaired) electrons. The quantitative estimate of drug-likeness (QED) is 0.700. The Hall–Kier alpha value is -0.830. The van der Waals surface area contributed by atoms with Gasteiger partial charge in [-0.25, -0.2) is 4.98 Å². The fourth-order valence-corrected chi connectivity index (χ4v) is 1.74. The normalized spacial score (nSPS) is 11.2. The van der Waals surface area contributed by atoms with Gasteiger partial charge in [-0.15, -0.1) is 0 Å². The highest BCUT2D eigenvalue weighted by Crippen LogP contribution is 2.08. The third-order valence-electron chi connectivity index (χ3n) is 2.63. The molecule has 0 atom stereocenters. The number of hydrogen-bond donors (Lipinski definition) is 1. The molecule has 3 heteroatoms. The van der Waals surface area contributed by atoms with Crippen LogP contribution in [0.2, 0.25) is 0 Å². The summed E-state index contributed by atoms with van der Waals surface area (Å²) in [6, 6.07) is 0. The van der Waals surface area contributed by atoms with Gasteiger partial charge in [-0.1, -0.05) is 26.7 Å². The van der Waals surface area contributed by atoms with Gasteiger partial charge in [0.2, 0.25) is 0 Å². The Morgan fingerprint density at radius 2 is 2.20 bits per heavy atom. The van der Waals surface area contributed by atoms with Gasteiger partial charge >= 0.3 is 0 Å². The molecular formula is C12H23N3. The number of nitrogens with zero attached hydrogens (tertiary/aromatic N) is 2. The predicted octanol–water partition coefficient (Wildman–Crippen LogP) is 2.21. The van der Waals surface area contributed by atoms with Gasteiger partial charge in [0.15, 0.2) is 0 Å². The molecule has 0 amide bonds. The van der Waals surface area contributed by atoms with Crippen molar-refractivity contribution >= 4 is 0 Å². The molecule has 0 aliphatic carbocycles. The van der Waals surface area contributed by atoms with Gasteiger partial charge in [0.1, 0.15) is 0 Å². The van der Waals surface area contributed by atoms with Crippen LogP contribution in [0.15, 0.2) is 12.5 Å². The van der Waals surface area contributed by atoms with Crippen molar-refractivity contribution in [3.63, 3.8) is 0 Å². The summed E-state index contributed by atoms with van der Waals surface area (Å²) in [7, 11) is 0. The van der Waals surface area contributed by atoms with Gasteiger partial charge < -0.3 is 10.3 Å². The monoisotopic (exact) mass is 209 g/mol. The van der Waals surface area contributed by atoms with Crippen LogP contribution in [0, 0.1) is 5.92 Å². The van der Waals surface area contributed by atoms with E-state index >= 15 is 0 Å². The van der Waals surface area contributed by atoms with Crippen LogP contribution in [0.3, 0.4) is 0 Å². The van der Waals surface area contributed by atoms with Gasteiger partial charge in [-0.2, -0.15) is 0 Å². The van der Waals surface area contributed by atoms with Crippen LogP contribution in [-0.2, 0) is 13.0 Å². The molecule has 0 bridgehead atoms. The van der Waals surface area contributed by atoms with Gasteiger partial charge in [-0.3, -0.25) is 0 Å². The summed E-state index contributed by atoms with van der Waals surface area (Å²) in [4.78, 5) is 4.16. The Morgan fingerprint density at radius 1 is 1.40 bits per heavy atom. The fourth-order valence-electron chi connectivity index (χ4n) is 1.74. The maximum absolute atomic E-state index is 5.54. The molecule has 0 aliphatic rings. The third-order valence-corrected chi connectivity index (χ3v) is 2.63. The minimum Gasteiger partial charge on any atom is -0.335 e. The van der Waals surface area contributed by atoms with E-state index in [9.17, 15) is 0 Å². The average Bonchev–Trinajstić information content (AvgIpc) is 2.61. The third kappa shape index (κ3) is 4.47. The minimum absolute atomic E-state index is 0.706. The van der Waals surface area contributed by atoms with E-state index in [2.05, 4.69) is 23.4 Å². The first-order valence-corrected chi connectivity index (χ1v) is 5.93. The molecule has 1 aromatic rings. The zero-order chi connectivity index (χ0) is 11.1. The number of nitrogens with two attached hydrogens (primary N) is 1. The van der Waals surface area contributed by atoms with Crippen LogP contribution < -0.4 is 5.73 Å². The first-order chi connectivity index (χ1) is 7.24. The van der Waals surface area contributed by atoms with Crippen LogP contribution in [0.1, 0.15) is 38.8 Å². The second-order valence-corrected chi connectivity index (χ2v) is 4.51. The zero-order valence-corrected chi connectivity index (χ0v) is 9.95. The molecule has 86 valence electrons. The summed E-state index contributed by atoms with van der Waals surface area (Å²) >= 11 is 0. The molecular weight excluding hydrogens is 186 g/mol. The number of aromatic nitrogens is 2. The Morgan fingerprint density at radius 3 is 2.87 bits per heavy atom. The van der Waals surface area contributed by atoms with E-state index in [4.69, 9.17) is 5.73 Å². The largest absolute Gasteiger partial charge is 0.335 e. The first kappa shape index (κ1) is 12.2. The maximum atomic E-state index is 5.54. The highest BCUT2D eigenvalue weighted by Gasteiger charge is 2.01. The van der Waals surface area contributed by atoms with E-state index in [1.54, 1.807) is 0 Å². The SMILES string of the molecule is CC(C)CCCCn1cncc1CCN. The Bertz CT molecular complexity index is 266. The summed E-state index contributed by atoms with van der Waals surface area (Å²) in [5, 5.41) is 0. The summed E-state index contributed by atoms with van der Waals surface area (Å²) in [5.41, 5.74) is 6.81. The van der Waals surface area contributed by atoms with Crippen LogP contribution in [0.25, 0.3) is 0 Å². The second-order valence-electron chi connectivity index (χ2n) is 4.51. The molecule has 2 N–H and O–H groups in total. The van der Waals surface area contributed by atoms with Crippen molar-refractivity contribution in [2.45, 2.75) is 46.1 Å². The lowest BCUT2D eigenvalue weighted by Gasteiger charge is -2.08. The number of unbranched alkanes of at least 4 members (excludes halogenated alkanes) is 1. The number of aryl methyl sites for hydroxylation is 1. The van der Waals surface area contributed by atoms with Crippen LogP contribution >= 0.6 is 0 Å². The highest BCUT2D eigenvalue weighted by molar-refractivity contribution is 4.98. The predicted molar refractivity (Wildman–Crippen MR) is 63.7 cm³/mol. The lowest BCUT2D eigenvalue weighted by Crippen LogP contribution is -2.08. The van der Waals surface area contributed by atoms with Crippen molar-refractivity contribution in [3.05, 3.63) is 18.2 Å². The Kier molecular flexibility index (Phi) is 5.40. The molecule has 3 nitrogen and oxygen atoms in total. The molecule has 0 spiro atoms. The zero-order valence-electron chi connectivity index (χ0n) is 9.95. The van der Waals surface area contributed by atoms with Gasteiger partial charge in [0.05, 0.1) is 6.33 Å². The highest BCUT2D eigenvalue weighted by atomic mass is 15.0. The number of imidazole rings is 1. The summed E-state index contributed by atoms with van der Waals surface area (Å²) in [6.45, 7) is 6.34. The van der Waals surface area contributed by atoms with E-state index in [0.29, 0.717) is 6.54 Å². The second kappa shape index (κ2) is 6.62. The van der Waals surface area contributed by atoms with E-state index in [1.165, 1.54) is 25.0 Å². The standard InChI is InChI=1S/C12H23N3/c1-11(2)5-3-4-8-15-10-14-9-12(15)6-7-13/h9-11H,3-8,13H2,1-2H3. The summed E-state index contributed by atoms with van der Waals surface area (Å²) in [5.74, 6) is 0.816. The van der Waals surface area contributed by atoms with Crippen molar-refractivity contribution in [2.75, 3.05) is 6.54 Å². The van der Waals surface area contributed by atoms with E-state index < -0.39 is 0 Å². The summed E-state index contributed by atoms with van der Waals surface area (Å²) in [6.07, 6.45) is 8.64. The molecule has 0 unspecified atom stereocenters. The molecule has 15 heavy (non-hydrogen) atoms. The molecule has 0 fully saturated rings. The van der Waals surface area contributed by atoms with Crippen LogP contribution in [-0.4, -0.2) is 16.1 Å². The molecule has 0 aliphatic heterocycles. The smallest absolute Gasteiger partial charge is 0.0948 e. The number of rotatable bonds is 7. The average molecular weight is 209 g/mol. The van der Waals surface area contributed by atoms with E-state index in [0.717, 1.165) is 18.9 Å². The van der Waals surface area contributed by atoms with Crippen molar-refractivity contribution in [1.82, 2.24) is 9.55 Å². The van der Waals surface area contributed by atoms with Gasteiger partial charge in [0.25, 0.3) is 0 Å². The van der Waals surface area contributed by atoms with Gasteiger partial charge in [-0.05, 0) is 18.9 Å². The molecule has 0 saturated carbocycles. The molecule has 1 heterocycles. The molecule has 0 aromatic carbocycles. The Labute approximate surface area is 92.7 Å². The van der Waals surface area contributed by atoms with Crippen molar-refractivity contribution in [3.8, 4) is 0 Å². The van der Waals surface area contributed by atoms with Crippen molar-refractivity contribution < 1.29 is 0 Å². The molecule has 1 aromatic heterocycles. The lowest BCUT2D eigenvalue weighted by molar-refractivity contribution is 0.504. The van der Waals surface area contributed by atoms with Crippen molar-refractivity contribution in [2.24, 2.45) is 11.7 Å². The topological polar surface area (TPSA) is 43.8 Å². The number of hydrogen-bond acceptors (Lipinski definition) is 2. The van der Waals surface area contributed by atoms with Crippen LogP contribution in [0.4, 0.5) is 0 Å². The van der Waals surface area contributed by atoms with Crippen molar-refractivity contribution in [1.29, 1.82) is 0 Å². The fraction of sp³-hybridized carbons (Fsp3) is 0.750. The lowest BCUT2D eigenvalue weighted by atomic mass is 10.1. The van der Waals surface area contributed by atoms with E-state index in [1.807, 2.05) is 12.5 Å². The first-order valence-electron chi connectivity index (χ1n) is 5.93. The minimum atomic E-state index is 0.706. The van der Waals surface area contributed by atoms with Crippen LogP contribution in [0.5, 0.6) is 0 Å². The van der Waals surface area contributed by atoms with E-state index in [-0.39, 0.29) is 0 Å². The summed E-state index contributed by atoms with van der Waals surface area (Å²) < 4.78 is 2.23. The Balaban J connectivity index is 2.27. The molecule has 1 rings (SSSR count). The maximum Gasteiger partial charge on any atom is 0.0948 e.